The van der Waals surface area contributed by atoms with Crippen molar-refractivity contribution in [3.63, 3.8) is 0 Å². The van der Waals surface area contributed by atoms with Gasteiger partial charge in [-0.3, -0.25) is 0 Å². The lowest BCUT2D eigenvalue weighted by atomic mass is 10.0. The maximum absolute atomic E-state index is 4.41. The molecule has 1 aromatic carbocycles. The predicted octanol–water partition coefficient (Wildman–Crippen LogP) is 4.12. The molecule has 1 aliphatic rings. The van der Waals surface area contributed by atoms with Gasteiger partial charge < -0.3 is 5.32 Å². The van der Waals surface area contributed by atoms with Crippen molar-refractivity contribution in [1.82, 2.24) is 4.98 Å². The molecule has 3 rings (SSSR count). The summed E-state index contributed by atoms with van der Waals surface area (Å²) in [4.78, 5) is 5.69. The lowest BCUT2D eigenvalue weighted by Gasteiger charge is -2.05. The first-order valence-electron chi connectivity index (χ1n) is 6.17. The monoisotopic (exact) mass is 244 g/mol. The van der Waals surface area contributed by atoms with Crippen LogP contribution in [0.2, 0.25) is 0 Å². The van der Waals surface area contributed by atoms with Gasteiger partial charge >= 0.3 is 0 Å². The predicted molar refractivity (Wildman–Crippen MR) is 73.7 cm³/mol. The van der Waals surface area contributed by atoms with Crippen LogP contribution in [-0.4, -0.2) is 11.5 Å². The molecule has 0 spiro atoms. The van der Waals surface area contributed by atoms with E-state index < -0.39 is 0 Å². The summed E-state index contributed by atoms with van der Waals surface area (Å²) in [6.45, 7) is 3.02. The van der Waals surface area contributed by atoms with Crippen molar-refractivity contribution in [2.45, 2.75) is 25.7 Å². The molecule has 1 aromatic heterocycles. The molecule has 2 nitrogen and oxygen atoms in total. The van der Waals surface area contributed by atoms with Crippen LogP contribution in [0.1, 0.15) is 31.2 Å². The van der Waals surface area contributed by atoms with Crippen LogP contribution in [0.5, 0.6) is 0 Å². The highest BCUT2D eigenvalue weighted by molar-refractivity contribution is 7.18. The van der Waals surface area contributed by atoms with Crippen molar-refractivity contribution in [2.75, 3.05) is 11.9 Å². The summed E-state index contributed by atoms with van der Waals surface area (Å²) in [5.74, 6) is 0.788. The minimum Gasteiger partial charge on any atom is -0.362 e. The molecule has 0 bridgehead atoms. The van der Waals surface area contributed by atoms with Crippen LogP contribution < -0.4 is 5.32 Å². The van der Waals surface area contributed by atoms with Crippen LogP contribution in [0.3, 0.4) is 0 Å². The molecule has 3 heteroatoms. The Morgan fingerprint density at radius 2 is 2.18 bits per heavy atom. The van der Waals surface area contributed by atoms with Crippen molar-refractivity contribution in [3.05, 3.63) is 36.0 Å². The molecule has 1 fully saturated rings. The van der Waals surface area contributed by atoms with Gasteiger partial charge in [0.15, 0.2) is 5.13 Å². The molecule has 0 aliphatic heterocycles. The minimum absolute atomic E-state index is 0.788. The van der Waals surface area contributed by atoms with Gasteiger partial charge in [0.25, 0.3) is 0 Å². The Morgan fingerprint density at radius 3 is 2.94 bits per heavy atom. The number of thiazole rings is 1. The molecule has 1 N–H and O–H groups in total. The lowest BCUT2D eigenvalue weighted by Crippen LogP contribution is -1.94. The Balaban J connectivity index is 1.96. The third-order valence-electron chi connectivity index (χ3n) is 3.08. The Bertz CT molecular complexity index is 514. The van der Waals surface area contributed by atoms with Gasteiger partial charge in [-0.1, -0.05) is 35.6 Å². The van der Waals surface area contributed by atoms with E-state index in [2.05, 4.69) is 41.5 Å². The van der Waals surface area contributed by atoms with Crippen molar-refractivity contribution < 1.29 is 0 Å². The van der Waals surface area contributed by atoms with E-state index in [-0.39, 0.29) is 0 Å². The number of rotatable bonds is 4. The third-order valence-corrected chi connectivity index (χ3v) is 4.07. The first kappa shape index (κ1) is 10.8. The molecule has 2 aromatic rings. The van der Waals surface area contributed by atoms with Gasteiger partial charge in [-0.25, -0.2) is 4.98 Å². The Morgan fingerprint density at radius 1 is 1.35 bits per heavy atom. The van der Waals surface area contributed by atoms with E-state index in [1.54, 1.807) is 11.3 Å². The van der Waals surface area contributed by atoms with E-state index in [1.165, 1.54) is 28.8 Å². The molecule has 1 aliphatic carbocycles. The zero-order valence-electron chi connectivity index (χ0n) is 9.94. The second-order valence-corrected chi connectivity index (χ2v) is 5.45. The quantitative estimate of drug-likeness (QED) is 0.875. The second-order valence-electron chi connectivity index (χ2n) is 4.42. The summed E-state index contributed by atoms with van der Waals surface area (Å²) >= 11 is 1.75. The van der Waals surface area contributed by atoms with Gasteiger partial charge in [-0.2, -0.15) is 0 Å². The van der Waals surface area contributed by atoms with Gasteiger partial charge in [-0.15, -0.1) is 0 Å². The molecule has 0 unspecified atom stereocenters. The van der Waals surface area contributed by atoms with E-state index in [0.717, 1.165) is 17.6 Å². The van der Waals surface area contributed by atoms with Gasteiger partial charge in [-0.05, 0) is 36.8 Å². The molecule has 1 saturated carbocycles. The van der Waals surface area contributed by atoms with Crippen LogP contribution in [0, 0.1) is 0 Å². The van der Waals surface area contributed by atoms with Crippen LogP contribution in [0.15, 0.2) is 30.5 Å². The lowest BCUT2D eigenvalue weighted by molar-refractivity contribution is 1.13. The third kappa shape index (κ3) is 2.20. The number of anilines is 1. The van der Waals surface area contributed by atoms with Gasteiger partial charge in [0.05, 0.1) is 4.88 Å². The zero-order valence-corrected chi connectivity index (χ0v) is 10.8. The van der Waals surface area contributed by atoms with Crippen LogP contribution in [0.4, 0.5) is 5.13 Å². The van der Waals surface area contributed by atoms with Crippen LogP contribution >= 0.6 is 11.3 Å². The molecule has 1 heterocycles. The Labute approximate surface area is 106 Å². The smallest absolute Gasteiger partial charge is 0.183 e. The molecule has 0 saturated heterocycles. The summed E-state index contributed by atoms with van der Waals surface area (Å²) in [7, 11) is 0. The zero-order chi connectivity index (χ0) is 11.7. The number of hydrogen-bond acceptors (Lipinski definition) is 3. The fraction of sp³-hybridized carbons (Fsp3) is 0.357. The van der Waals surface area contributed by atoms with E-state index in [0.29, 0.717) is 0 Å². The average Bonchev–Trinajstić information content (AvgIpc) is 3.10. The molecular weight excluding hydrogens is 228 g/mol. The van der Waals surface area contributed by atoms with E-state index >= 15 is 0 Å². The number of hydrogen-bond donors (Lipinski definition) is 1. The summed E-state index contributed by atoms with van der Waals surface area (Å²) in [5.41, 5.74) is 2.87. The molecule has 88 valence electrons. The summed E-state index contributed by atoms with van der Waals surface area (Å²) in [6, 6.07) is 8.74. The second kappa shape index (κ2) is 4.49. The highest BCUT2D eigenvalue weighted by Gasteiger charge is 2.26. The topological polar surface area (TPSA) is 24.9 Å². The number of nitrogens with one attached hydrogen (secondary N) is 1. The van der Waals surface area contributed by atoms with Crippen molar-refractivity contribution in [2.24, 2.45) is 0 Å². The maximum Gasteiger partial charge on any atom is 0.183 e. The number of aromatic nitrogens is 1. The summed E-state index contributed by atoms with van der Waals surface area (Å²) in [5, 5.41) is 4.29. The fourth-order valence-electron chi connectivity index (χ4n) is 2.10. The molecule has 0 amide bonds. The molecule has 0 radical (unpaired) electrons. The van der Waals surface area contributed by atoms with Gasteiger partial charge in [0.1, 0.15) is 0 Å². The standard InChI is InChI=1S/C14H16N2S/c1-2-15-14-16-9-13(17-14)12-6-4-3-5-11(12)10-7-8-10/h3-6,9-10H,2,7-8H2,1H3,(H,15,16). The van der Waals surface area contributed by atoms with Gasteiger partial charge in [0.2, 0.25) is 0 Å². The number of nitrogens with zero attached hydrogens (tertiary/aromatic N) is 1. The summed E-state index contributed by atoms with van der Waals surface area (Å²) in [6.07, 6.45) is 4.68. The first-order valence-corrected chi connectivity index (χ1v) is 6.99. The minimum atomic E-state index is 0.788. The van der Waals surface area contributed by atoms with Gasteiger partial charge in [0, 0.05) is 12.7 Å². The highest BCUT2D eigenvalue weighted by Crippen LogP contribution is 2.45. The van der Waals surface area contributed by atoms with E-state index in [1.807, 2.05) is 6.20 Å². The van der Waals surface area contributed by atoms with E-state index in [9.17, 15) is 0 Å². The average molecular weight is 244 g/mol. The van der Waals surface area contributed by atoms with E-state index in [4.69, 9.17) is 0 Å². The fourth-order valence-corrected chi connectivity index (χ4v) is 3.03. The number of benzene rings is 1. The molecular formula is C14H16N2S. The van der Waals surface area contributed by atoms with Crippen molar-refractivity contribution in [1.29, 1.82) is 0 Å². The Kier molecular flexibility index (Phi) is 2.85. The van der Waals surface area contributed by atoms with Crippen molar-refractivity contribution >= 4 is 16.5 Å². The molecule has 17 heavy (non-hydrogen) atoms. The first-order chi connectivity index (χ1) is 8.38. The molecule has 0 atom stereocenters. The maximum atomic E-state index is 4.41. The highest BCUT2D eigenvalue weighted by atomic mass is 32.1. The Hall–Kier alpha value is -1.35. The largest absolute Gasteiger partial charge is 0.362 e. The normalized spacial score (nSPS) is 14.9. The summed E-state index contributed by atoms with van der Waals surface area (Å²) < 4.78 is 0. The van der Waals surface area contributed by atoms with Crippen LogP contribution in [0.25, 0.3) is 10.4 Å². The SMILES string of the molecule is CCNc1ncc(-c2ccccc2C2CC2)s1. The van der Waals surface area contributed by atoms with Crippen LogP contribution in [-0.2, 0) is 0 Å². The van der Waals surface area contributed by atoms with Crippen molar-refractivity contribution in [3.8, 4) is 10.4 Å².